The summed E-state index contributed by atoms with van der Waals surface area (Å²) in [5.41, 5.74) is -4.60. The zero-order valence-electron chi connectivity index (χ0n) is 14.9. The maximum Gasteiger partial charge on any atom is 0.417 e. The highest BCUT2D eigenvalue weighted by Gasteiger charge is 2.34. The molecule has 2 N–H and O–H groups in total. The van der Waals surface area contributed by atoms with Crippen LogP contribution in [0.15, 0.2) is 47.4 Å². The predicted octanol–water partition coefficient (Wildman–Crippen LogP) is 5.90. The molecule has 0 radical (unpaired) electrons. The third-order valence-corrected chi connectivity index (χ3v) is 5.57. The molecule has 3 aromatic carbocycles. The highest BCUT2D eigenvalue weighted by molar-refractivity contribution is 7.89. The molecule has 0 heterocycles. The molecule has 164 valence electrons. The molecule has 31 heavy (non-hydrogen) atoms. The third kappa shape index (κ3) is 4.12. The number of nitrogens with two attached hydrogens (primary N) is 1. The molecule has 0 aliphatic heterocycles. The maximum atomic E-state index is 14.8. The van der Waals surface area contributed by atoms with E-state index in [1.54, 1.807) is 0 Å². The number of sulfonamides is 1. The molecular weight excluding hydrogens is 475 g/mol. The van der Waals surface area contributed by atoms with E-state index in [4.69, 9.17) is 16.7 Å². The van der Waals surface area contributed by atoms with Crippen LogP contribution in [0, 0.1) is 23.3 Å². The molecule has 0 saturated carbocycles. The summed E-state index contributed by atoms with van der Waals surface area (Å²) in [6, 6.07) is 5.90. The maximum absolute atomic E-state index is 14.8. The van der Waals surface area contributed by atoms with Crippen LogP contribution in [0.1, 0.15) is 5.56 Å². The second-order valence-corrected chi connectivity index (χ2v) is 8.18. The molecule has 0 aliphatic rings. The molecule has 3 rings (SSSR count). The number of hydrogen-bond acceptors (Lipinski definition) is 2. The minimum Gasteiger partial charge on any atom is -0.225 e. The van der Waals surface area contributed by atoms with Crippen LogP contribution in [0.4, 0.5) is 30.7 Å². The van der Waals surface area contributed by atoms with Crippen LogP contribution in [0.3, 0.4) is 0 Å². The Morgan fingerprint density at radius 2 is 1.35 bits per heavy atom. The lowest BCUT2D eigenvalue weighted by atomic mass is 9.92. The van der Waals surface area contributed by atoms with Crippen molar-refractivity contribution in [2.24, 2.45) is 5.14 Å². The average molecular weight is 484 g/mol. The summed E-state index contributed by atoms with van der Waals surface area (Å²) >= 11 is 5.61. The first kappa shape index (κ1) is 23.0. The average Bonchev–Trinajstić information content (AvgIpc) is 2.67. The van der Waals surface area contributed by atoms with Crippen molar-refractivity contribution < 1.29 is 39.2 Å². The summed E-state index contributed by atoms with van der Waals surface area (Å²) in [4.78, 5) is -0.751. The molecule has 0 aliphatic carbocycles. The number of hydrogen-bond donors (Lipinski definition) is 1. The van der Waals surface area contributed by atoms with Crippen LogP contribution in [0.25, 0.3) is 22.3 Å². The summed E-state index contributed by atoms with van der Waals surface area (Å²) in [7, 11) is -4.55. The van der Waals surface area contributed by atoms with Gasteiger partial charge in [-0.3, -0.25) is 0 Å². The second-order valence-electron chi connectivity index (χ2n) is 6.24. The van der Waals surface area contributed by atoms with Gasteiger partial charge in [0.15, 0.2) is 23.3 Å². The monoisotopic (exact) mass is 483 g/mol. The smallest absolute Gasteiger partial charge is 0.225 e. The van der Waals surface area contributed by atoms with E-state index in [9.17, 15) is 39.2 Å². The van der Waals surface area contributed by atoms with Gasteiger partial charge in [-0.15, -0.1) is 0 Å². The Labute approximate surface area is 175 Å². The van der Waals surface area contributed by atoms with Crippen molar-refractivity contribution in [1.82, 2.24) is 0 Å². The summed E-state index contributed by atoms with van der Waals surface area (Å²) in [6.45, 7) is 0. The van der Waals surface area contributed by atoms with Gasteiger partial charge in [-0.2, -0.15) is 13.2 Å². The molecule has 3 nitrogen and oxygen atoms in total. The van der Waals surface area contributed by atoms with E-state index >= 15 is 0 Å². The number of alkyl halides is 3. The first-order valence-corrected chi connectivity index (χ1v) is 10.0. The van der Waals surface area contributed by atoms with E-state index in [0.717, 1.165) is 12.1 Å². The van der Waals surface area contributed by atoms with Gasteiger partial charge in [0, 0.05) is 16.7 Å². The van der Waals surface area contributed by atoms with Crippen LogP contribution < -0.4 is 5.14 Å². The van der Waals surface area contributed by atoms with Gasteiger partial charge in [-0.05, 0) is 23.8 Å². The molecule has 0 saturated heterocycles. The van der Waals surface area contributed by atoms with E-state index in [1.165, 1.54) is 12.1 Å². The van der Waals surface area contributed by atoms with Crippen molar-refractivity contribution >= 4 is 21.6 Å². The Morgan fingerprint density at radius 1 is 0.806 bits per heavy atom. The minimum absolute atomic E-state index is 0.436. The lowest BCUT2D eigenvalue weighted by Crippen LogP contribution is -2.14. The highest BCUT2D eigenvalue weighted by atomic mass is 35.5. The van der Waals surface area contributed by atoms with Gasteiger partial charge in [-0.25, -0.2) is 31.1 Å². The topological polar surface area (TPSA) is 60.2 Å². The first-order valence-electron chi connectivity index (χ1n) is 8.10. The fourth-order valence-corrected chi connectivity index (χ4v) is 4.01. The number of benzene rings is 3. The quantitative estimate of drug-likeness (QED) is 0.286. The largest absolute Gasteiger partial charge is 0.417 e. The standard InChI is InChI=1S/C19H9ClF7NO2S/c20-11-7-8(5-6-10(11)19(25,26)27)13-14(16(22)18(24)17(23)15(13)21)9-3-1-2-4-12(9)31(28,29)30/h1-7H,(H2,28,29,30). The van der Waals surface area contributed by atoms with Crippen molar-refractivity contribution in [3.05, 3.63) is 76.3 Å². The fraction of sp³-hybridized carbons (Fsp3) is 0.0526. The van der Waals surface area contributed by atoms with Gasteiger partial charge in [0.1, 0.15) is 0 Å². The molecular formula is C19H9ClF7NO2S. The first-order chi connectivity index (χ1) is 14.2. The molecule has 0 unspecified atom stereocenters. The lowest BCUT2D eigenvalue weighted by Gasteiger charge is -2.17. The predicted molar refractivity (Wildman–Crippen MR) is 98.5 cm³/mol. The molecule has 0 atom stereocenters. The van der Waals surface area contributed by atoms with E-state index in [2.05, 4.69) is 0 Å². The van der Waals surface area contributed by atoms with Crippen LogP contribution in [0.5, 0.6) is 0 Å². The van der Waals surface area contributed by atoms with Crippen LogP contribution >= 0.6 is 11.6 Å². The van der Waals surface area contributed by atoms with E-state index in [-0.39, 0.29) is 0 Å². The Kier molecular flexibility index (Phi) is 5.80. The molecule has 0 spiro atoms. The summed E-state index contributed by atoms with van der Waals surface area (Å²) in [5, 5.41) is 4.14. The van der Waals surface area contributed by atoms with Crippen molar-refractivity contribution in [3.63, 3.8) is 0 Å². The van der Waals surface area contributed by atoms with Gasteiger partial charge < -0.3 is 0 Å². The normalized spacial score (nSPS) is 12.3. The van der Waals surface area contributed by atoms with Crippen LogP contribution in [-0.2, 0) is 16.2 Å². The Hall–Kier alpha value is -2.63. The molecule has 12 heteroatoms. The van der Waals surface area contributed by atoms with Crippen molar-refractivity contribution in [2.75, 3.05) is 0 Å². The highest BCUT2D eigenvalue weighted by Crippen LogP contribution is 2.43. The summed E-state index contributed by atoms with van der Waals surface area (Å²) in [6.07, 6.45) is -4.88. The fourth-order valence-electron chi connectivity index (χ4n) is 2.98. The van der Waals surface area contributed by atoms with Crippen LogP contribution in [0.2, 0.25) is 5.02 Å². The van der Waals surface area contributed by atoms with Crippen LogP contribution in [-0.4, -0.2) is 8.42 Å². The van der Waals surface area contributed by atoms with Gasteiger partial charge >= 0.3 is 6.18 Å². The molecule has 0 bridgehead atoms. The third-order valence-electron chi connectivity index (χ3n) is 4.29. The Balaban J connectivity index is 2.46. The SMILES string of the molecule is NS(=O)(=O)c1ccccc1-c1c(F)c(F)c(F)c(F)c1-c1ccc(C(F)(F)F)c(Cl)c1. The Morgan fingerprint density at radius 3 is 1.87 bits per heavy atom. The van der Waals surface area contributed by atoms with Gasteiger partial charge in [0.05, 0.1) is 15.5 Å². The van der Waals surface area contributed by atoms with E-state index in [0.29, 0.717) is 18.2 Å². The van der Waals surface area contributed by atoms with E-state index in [1.807, 2.05) is 0 Å². The van der Waals surface area contributed by atoms with Crippen molar-refractivity contribution in [3.8, 4) is 22.3 Å². The lowest BCUT2D eigenvalue weighted by molar-refractivity contribution is -0.137. The van der Waals surface area contributed by atoms with Gasteiger partial charge in [-0.1, -0.05) is 35.9 Å². The molecule has 0 amide bonds. The number of primary sulfonamides is 1. The number of rotatable bonds is 3. The summed E-state index contributed by atoms with van der Waals surface area (Å²) < 4.78 is 120. The molecule has 0 aromatic heterocycles. The number of halogens is 8. The zero-order chi connectivity index (χ0) is 23.3. The van der Waals surface area contributed by atoms with E-state index < -0.39 is 77.2 Å². The minimum atomic E-state index is -4.88. The van der Waals surface area contributed by atoms with Crippen molar-refractivity contribution in [2.45, 2.75) is 11.1 Å². The van der Waals surface area contributed by atoms with Gasteiger partial charge in [0.25, 0.3) is 0 Å². The van der Waals surface area contributed by atoms with Crippen molar-refractivity contribution in [1.29, 1.82) is 0 Å². The second kappa shape index (κ2) is 7.81. The van der Waals surface area contributed by atoms with Gasteiger partial charge in [0.2, 0.25) is 10.0 Å². The summed E-state index contributed by atoms with van der Waals surface area (Å²) in [5.74, 6) is -8.44. The zero-order valence-corrected chi connectivity index (χ0v) is 16.4. The molecule has 0 fully saturated rings. The molecule has 3 aromatic rings. The Bertz CT molecular complexity index is 1310.